The van der Waals surface area contributed by atoms with Gasteiger partial charge in [-0.2, -0.15) is 5.26 Å². The lowest BCUT2D eigenvalue weighted by atomic mass is 9.76. The van der Waals surface area contributed by atoms with Crippen LogP contribution < -0.4 is 5.32 Å². The first-order chi connectivity index (χ1) is 6.66. The molecule has 1 rings (SSSR count). The molecule has 1 N–H and O–H groups in total. The van der Waals surface area contributed by atoms with Gasteiger partial charge in [-0.1, -0.05) is 26.2 Å². The van der Waals surface area contributed by atoms with Crippen molar-refractivity contribution in [3.05, 3.63) is 0 Å². The second-order valence-corrected chi connectivity index (χ2v) is 5.03. The Morgan fingerprint density at radius 3 is 2.57 bits per heavy atom. The SMILES string of the molecule is CC(C#N)CNCC1(C)CCCCC1. The fraction of sp³-hybridized carbons (Fsp3) is 0.917. The fourth-order valence-corrected chi connectivity index (χ4v) is 2.22. The third-order valence-electron chi connectivity index (χ3n) is 3.28. The Bertz CT molecular complexity index is 199. The van der Waals surface area contributed by atoms with Gasteiger partial charge in [0.05, 0.1) is 12.0 Å². The van der Waals surface area contributed by atoms with Crippen LogP contribution in [0.3, 0.4) is 0 Å². The standard InChI is InChI=1S/C12H22N2/c1-11(8-13)9-14-10-12(2)6-4-3-5-7-12/h11,14H,3-7,9-10H2,1-2H3. The molecule has 0 aromatic carbocycles. The van der Waals surface area contributed by atoms with E-state index >= 15 is 0 Å². The van der Waals surface area contributed by atoms with E-state index in [1.807, 2.05) is 6.92 Å². The maximum atomic E-state index is 8.65. The van der Waals surface area contributed by atoms with Crippen molar-refractivity contribution in [1.29, 1.82) is 5.26 Å². The molecule has 0 radical (unpaired) electrons. The maximum Gasteiger partial charge on any atom is 0.0666 e. The Morgan fingerprint density at radius 1 is 1.36 bits per heavy atom. The number of nitriles is 1. The van der Waals surface area contributed by atoms with Crippen LogP contribution in [0.1, 0.15) is 46.0 Å². The molecule has 1 atom stereocenters. The Morgan fingerprint density at radius 2 is 2.00 bits per heavy atom. The molecular formula is C12H22N2. The highest BCUT2D eigenvalue weighted by Crippen LogP contribution is 2.34. The van der Waals surface area contributed by atoms with Crippen molar-refractivity contribution in [3.8, 4) is 6.07 Å². The largest absolute Gasteiger partial charge is 0.315 e. The molecule has 1 aliphatic rings. The smallest absolute Gasteiger partial charge is 0.0666 e. The predicted octanol–water partition coefficient (Wildman–Crippen LogP) is 2.71. The summed E-state index contributed by atoms with van der Waals surface area (Å²) in [6, 6.07) is 2.25. The van der Waals surface area contributed by atoms with Gasteiger partial charge in [0.1, 0.15) is 0 Å². The average Bonchev–Trinajstić information content (AvgIpc) is 2.18. The molecule has 1 saturated carbocycles. The molecule has 1 aliphatic carbocycles. The molecule has 1 unspecified atom stereocenters. The van der Waals surface area contributed by atoms with Crippen LogP contribution in [0, 0.1) is 22.7 Å². The third-order valence-corrected chi connectivity index (χ3v) is 3.28. The van der Waals surface area contributed by atoms with Crippen LogP contribution in [0.15, 0.2) is 0 Å². The van der Waals surface area contributed by atoms with Crippen LogP contribution in [-0.4, -0.2) is 13.1 Å². The summed E-state index contributed by atoms with van der Waals surface area (Å²) in [5.74, 6) is 0.141. The van der Waals surface area contributed by atoms with E-state index in [1.54, 1.807) is 0 Å². The van der Waals surface area contributed by atoms with Crippen molar-refractivity contribution in [3.63, 3.8) is 0 Å². The molecule has 0 spiro atoms. The second-order valence-electron chi connectivity index (χ2n) is 5.03. The minimum atomic E-state index is 0.141. The van der Waals surface area contributed by atoms with Gasteiger partial charge >= 0.3 is 0 Å². The molecule has 2 nitrogen and oxygen atoms in total. The van der Waals surface area contributed by atoms with Crippen molar-refractivity contribution in [2.45, 2.75) is 46.0 Å². The maximum absolute atomic E-state index is 8.65. The molecule has 0 aromatic rings. The van der Waals surface area contributed by atoms with Gasteiger partial charge in [0.2, 0.25) is 0 Å². The quantitative estimate of drug-likeness (QED) is 0.747. The summed E-state index contributed by atoms with van der Waals surface area (Å²) in [6.07, 6.45) is 6.87. The Hall–Kier alpha value is -0.550. The van der Waals surface area contributed by atoms with E-state index in [4.69, 9.17) is 5.26 Å². The molecule has 0 bridgehead atoms. The van der Waals surface area contributed by atoms with Crippen molar-refractivity contribution >= 4 is 0 Å². The van der Waals surface area contributed by atoms with Gasteiger partial charge in [-0.15, -0.1) is 0 Å². The highest BCUT2D eigenvalue weighted by molar-refractivity contribution is 4.84. The molecule has 0 heterocycles. The normalized spacial score (nSPS) is 22.6. The molecule has 0 saturated heterocycles. The Balaban J connectivity index is 2.19. The van der Waals surface area contributed by atoms with Gasteiger partial charge in [0, 0.05) is 13.1 Å². The summed E-state index contributed by atoms with van der Waals surface area (Å²) in [6.45, 7) is 6.26. The number of hydrogen-bond acceptors (Lipinski definition) is 2. The van der Waals surface area contributed by atoms with E-state index in [9.17, 15) is 0 Å². The molecular weight excluding hydrogens is 172 g/mol. The molecule has 2 heteroatoms. The van der Waals surface area contributed by atoms with Crippen LogP contribution in [-0.2, 0) is 0 Å². The van der Waals surface area contributed by atoms with E-state index in [-0.39, 0.29) is 5.92 Å². The molecule has 14 heavy (non-hydrogen) atoms. The first-order valence-electron chi connectivity index (χ1n) is 5.77. The van der Waals surface area contributed by atoms with Gasteiger partial charge in [0.15, 0.2) is 0 Å². The summed E-state index contributed by atoms with van der Waals surface area (Å²) in [5, 5.41) is 12.1. The molecule has 0 amide bonds. The zero-order chi connectivity index (χ0) is 10.4. The molecule has 80 valence electrons. The highest BCUT2D eigenvalue weighted by atomic mass is 14.9. The van der Waals surface area contributed by atoms with Crippen molar-refractivity contribution in [1.82, 2.24) is 5.32 Å². The van der Waals surface area contributed by atoms with Crippen molar-refractivity contribution < 1.29 is 0 Å². The number of rotatable bonds is 4. The topological polar surface area (TPSA) is 35.8 Å². The third kappa shape index (κ3) is 3.67. The minimum absolute atomic E-state index is 0.141. The van der Waals surface area contributed by atoms with Crippen LogP contribution in [0.2, 0.25) is 0 Å². The van der Waals surface area contributed by atoms with E-state index < -0.39 is 0 Å². The summed E-state index contributed by atoms with van der Waals surface area (Å²) < 4.78 is 0. The van der Waals surface area contributed by atoms with Crippen LogP contribution in [0.5, 0.6) is 0 Å². The zero-order valence-electron chi connectivity index (χ0n) is 9.47. The number of nitrogens with one attached hydrogen (secondary N) is 1. The molecule has 0 aromatic heterocycles. The van der Waals surface area contributed by atoms with Crippen LogP contribution >= 0.6 is 0 Å². The monoisotopic (exact) mass is 194 g/mol. The predicted molar refractivity (Wildman–Crippen MR) is 58.8 cm³/mol. The van der Waals surface area contributed by atoms with E-state index in [2.05, 4.69) is 18.3 Å². The highest BCUT2D eigenvalue weighted by Gasteiger charge is 2.26. The Kier molecular flexibility index (Phi) is 4.41. The van der Waals surface area contributed by atoms with Gasteiger partial charge < -0.3 is 5.32 Å². The molecule has 0 aliphatic heterocycles. The van der Waals surface area contributed by atoms with Crippen LogP contribution in [0.25, 0.3) is 0 Å². The van der Waals surface area contributed by atoms with Crippen molar-refractivity contribution in [2.75, 3.05) is 13.1 Å². The Labute approximate surface area is 87.7 Å². The lowest BCUT2D eigenvalue weighted by Gasteiger charge is -2.33. The molecule has 1 fully saturated rings. The van der Waals surface area contributed by atoms with Gasteiger partial charge in [-0.25, -0.2) is 0 Å². The summed E-state index contributed by atoms with van der Waals surface area (Å²) in [4.78, 5) is 0. The van der Waals surface area contributed by atoms with Gasteiger partial charge in [-0.05, 0) is 25.2 Å². The first-order valence-corrected chi connectivity index (χ1v) is 5.77. The second kappa shape index (κ2) is 5.36. The lowest BCUT2D eigenvalue weighted by Crippen LogP contribution is -2.35. The van der Waals surface area contributed by atoms with Gasteiger partial charge in [-0.3, -0.25) is 0 Å². The lowest BCUT2D eigenvalue weighted by molar-refractivity contribution is 0.207. The fourth-order valence-electron chi connectivity index (χ4n) is 2.22. The summed E-state index contributed by atoms with van der Waals surface area (Å²) in [7, 11) is 0. The van der Waals surface area contributed by atoms with E-state index in [1.165, 1.54) is 32.1 Å². The van der Waals surface area contributed by atoms with E-state index in [0.717, 1.165) is 13.1 Å². The zero-order valence-corrected chi connectivity index (χ0v) is 9.47. The summed E-state index contributed by atoms with van der Waals surface area (Å²) in [5.41, 5.74) is 0.493. The van der Waals surface area contributed by atoms with Crippen LogP contribution in [0.4, 0.5) is 0 Å². The number of hydrogen-bond donors (Lipinski definition) is 1. The van der Waals surface area contributed by atoms with E-state index in [0.29, 0.717) is 5.41 Å². The first kappa shape index (κ1) is 11.5. The van der Waals surface area contributed by atoms with Gasteiger partial charge in [0.25, 0.3) is 0 Å². The summed E-state index contributed by atoms with van der Waals surface area (Å²) >= 11 is 0. The minimum Gasteiger partial charge on any atom is -0.315 e. The number of nitrogens with zero attached hydrogens (tertiary/aromatic N) is 1. The average molecular weight is 194 g/mol. The van der Waals surface area contributed by atoms with Crippen molar-refractivity contribution in [2.24, 2.45) is 11.3 Å².